The van der Waals surface area contributed by atoms with E-state index in [9.17, 15) is 9.59 Å². The van der Waals surface area contributed by atoms with Gasteiger partial charge in [0.2, 0.25) is 0 Å². The maximum atomic E-state index is 12.7. The zero-order valence-electron chi connectivity index (χ0n) is 18.6. The van der Waals surface area contributed by atoms with E-state index in [0.29, 0.717) is 23.4 Å². The summed E-state index contributed by atoms with van der Waals surface area (Å²) >= 11 is 0. The van der Waals surface area contributed by atoms with Crippen LogP contribution in [-0.4, -0.2) is 25.0 Å². The molecule has 1 amide bonds. The molecule has 0 saturated heterocycles. The number of nitrogens with zero attached hydrogens (tertiary/aromatic N) is 1. The Bertz CT molecular complexity index is 1120. The molecule has 1 aliphatic rings. The fraction of sp³-hybridized carbons (Fsp3) is 0.259. The van der Waals surface area contributed by atoms with Gasteiger partial charge in [-0.1, -0.05) is 30.3 Å². The Hall–Kier alpha value is -3.60. The van der Waals surface area contributed by atoms with Crippen molar-refractivity contribution < 1.29 is 14.3 Å². The van der Waals surface area contributed by atoms with Crippen molar-refractivity contribution in [1.29, 1.82) is 0 Å². The number of para-hydroxylation sites is 1. The van der Waals surface area contributed by atoms with Crippen LogP contribution in [0.2, 0.25) is 0 Å². The molecule has 0 radical (unpaired) electrons. The number of benzene rings is 3. The molecule has 3 aromatic carbocycles. The second kappa shape index (κ2) is 9.69. The molecule has 5 nitrogen and oxygen atoms in total. The lowest BCUT2D eigenvalue weighted by Crippen LogP contribution is -2.28. The van der Waals surface area contributed by atoms with E-state index >= 15 is 0 Å². The summed E-state index contributed by atoms with van der Waals surface area (Å²) in [7, 11) is 0. The van der Waals surface area contributed by atoms with Gasteiger partial charge in [-0.05, 0) is 79.8 Å². The Balaban J connectivity index is 1.41. The van der Waals surface area contributed by atoms with Crippen molar-refractivity contribution in [3.8, 4) is 0 Å². The number of fused-ring (bicyclic) bond motifs is 1. The van der Waals surface area contributed by atoms with E-state index in [4.69, 9.17) is 4.74 Å². The van der Waals surface area contributed by atoms with E-state index in [1.165, 1.54) is 16.8 Å². The van der Waals surface area contributed by atoms with Crippen molar-refractivity contribution in [3.05, 3.63) is 94.5 Å². The third-order valence-corrected chi connectivity index (χ3v) is 5.78. The van der Waals surface area contributed by atoms with Crippen LogP contribution in [0.1, 0.15) is 50.8 Å². The summed E-state index contributed by atoms with van der Waals surface area (Å²) < 4.78 is 5.03. The Morgan fingerprint density at radius 1 is 1.00 bits per heavy atom. The largest absolute Gasteiger partial charge is 0.462 e. The normalized spacial score (nSPS) is 12.8. The summed E-state index contributed by atoms with van der Waals surface area (Å²) in [5.41, 5.74) is 6.45. The molecule has 164 valence electrons. The zero-order valence-corrected chi connectivity index (χ0v) is 18.6. The minimum absolute atomic E-state index is 0.174. The number of ether oxygens (including phenoxy) is 1. The standard InChI is InChI=1S/C27H28N2O3/c1-3-32-27(31)23-14-15-24(19(2)17-23)28-26(30)22-12-10-20(11-13-22)18-29-16-6-8-21-7-4-5-9-25(21)29/h4-5,7,9-15,17H,3,6,8,16,18H2,1-2H3,(H,28,30). The number of anilines is 2. The fourth-order valence-corrected chi connectivity index (χ4v) is 4.10. The summed E-state index contributed by atoms with van der Waals surface area (Å²) in [4.78, 5) is 27.0. The maximum Gasteiger partial charge on any atom is 0.338 e. The van der Waals surface area contributed by atoms with Gasteiger partial charge in [-0.3, -0.25) is 4.79 Å². The van der Waals surface area contributed by atoms with Crippen LogP contribution in [0, 0.1) is 6.92 Å². The predicted octanol–water partition coefficient (Wildman–Crippen LogP) is 5.38. The van der Waals surface area contributed by atoms with Gasteiger partial charge in [0.25, 0.3) is 5.91 Å². The van der Waals surface area contributed by atoms with E-state index in [1.807, 2.05) is 31.2 Å². The fourth-order valence-electron chi connectivity index (χ4n) is 4.10. The third kappa shape index (κ3) is 4.83. The minimum Gasteiger partial charge on any atom is -0.462 e. The Morgan fingerprint density at radius 2 is 1.75 bits per heavy atom. The van der Waals surface area contributed by atoms with Crippen molar-refractivity contribution in [2.24, 2.45) is 0 Å². The summed E-state index contributed by atoms with van der Waals surface area (Å²) in [6.07, 6.45) is 2.29. The Kier molecular flexibility index (Phi) is 6.55. The minimum atomic E-state index is -0.361. The van der Waals surface area contributed by atoms with Gasteiger partial charge in [0.15, 0.2) is 0 Å². The predicted molar refractivity (Wildman–Crippen MR) is 127 cm³/mol. The first kappa shape index (κ1) is 21.6. The second-order valence-corrected chi connectivity index (χ2v) is 8.06. The molecule has 1 N–H and O–H groups in total. The second-order valence-electron chi connectivity index (χ2n) is 8.06. The highest BCUT2D eigenvalue weighted by atomic mass is 16.5. The summed E-state index contributed by atoms with van der Waals surface area (Å²) in [6.45, 7) is 5.83. The summed E-state index contributed by atoms with van der Waals surface area (Å²) in [5, 5.41) is 2.94. The van der Waals surface area contributed by atoms with E-state index in [0.717, 1.165) is 31.5 Å². The third-order valence-electron chi connectivity index (χ3n) is 5.78. The number of aryl methyl sites for hydroxylation is 2. The monoisotopic (exact) mass is 428 g/mol. The van der Waals surface area contributed by atoms with Crippen LogP contribution in [0.4, 0.5) is 11.4 Å². The highest BCUT2D eigenvalue weighted by molar-refractivity contribution is 6.05. The quantitative estimate of drug-likeness (QED) is 0.536. The SMILES string of the molecule is CCOC(=O)c1ccc(NC(=O)c2ccc(CN3CCCc4ccccc43)cc2)c(C)c1. The number of hydrogen-bond donors (Lipinski definition) is 1. The number of esters is 1. The van der Waals surface area contributed by atoms with Gasteiger partial charge < -0.3 is 15.0 Å². The lowest BCUT2D eigenvalue weighted by molar-refractivity contribution is 0.0526. The van der Waals surface area contributed by atoms with Crippen LogP contribution < -0.4 is 10.2 Å². The highest BCUT2D eigenvalue weighted by Crippen LogP contribution is 2.28. The van der Waals surface area contributed by atoms with Gasteiger partial charge in [-0.2, -0.15) is 0 Å². The highest BCUT2D eigenvalue weighted by Gasteiger charge is 2.17. The molecule has 0 atom stereocenters. The molecule has 0 saturated carbocycles. The lowest BCUT2D eigenvalue weighted by atomic mass is 10.0. The molecule has 0 aromatic heterocycles. The van der Waals surface area contributed by atoms with E-state index < -0.39 is 0 Å². The van der Waals surface area contributed by atoms with Crippen molar-refractivity contribution in [2.45, 2.75) is 33.2 Å². The average Bonchev–Trinajstić information content (AvgIpc) is 2.81. The Labute approximate surface area is 189 Å². The molecular weight excluding hydrogens is 400 g/mol. The molecule has 4 rings (SSSR count). The zero-order chi connectivity index (χ0) is 22.5. The van der Waals surface area contributed by atoms with E-state index in [2.05, 4.69) is 34.5 Å². The lowest BCUT2D eigenvalue weighted by Gasteiger charge is -2.31. The van der Waals surface area contributed by atoms with Crippen LogP contribution in [0.25, 0.3) is 0 Å². The molecule has 1 aliphatic heterocycles. The van der Waals surface area contributed by atoms with Crippen LogP contribution in [0.5, 0.6) is 0 Å². The first-order valence-electron chi connectivity index (χ1n) is 11.1. The first-order valence-corrected chi connectivity index (χ1v) is 11.1. The van der Waals surface area contributed by atoms with Gasteiger partial charge in [0.1, 0.15) is 0 Å². The van der Waals surface area contributed by atoms with Gasteiger partial charge in [-0.25, -0.2) is 4.79 Å². The average molecular weight is 429 g/mol. The van der Waals surface area contributed by atoms with Crippen LogP contribution in [0.3, 0.4) is 0 Å². The van der Waals surface area contributed by atoms with Gasteiger partial charge >= 0.3 is 5.97 Å². The molecule has 0 aliphatic carbocycles. The molecule has 0 bridgehead atoms. The summed E-state index contributed by atoms with van der Waals surface area (Å²) in [5.74, 6) is -0.535. The molecule has 3 aromatic rings. The van der Waals surface area contributed by atoms with Crippen molar-refractivity contribution in [3.63, 3.8) is 0 Å². The molecule has 0 spiro atoms. The van der Waals surface area contributed by atoms with Crippen molar-refractivity contribution in [2.75, 3.05) is 23.4 Å². The molecule has 0 unspecified atom stereocenters. The van der Waals surface area contributed by atoms with Gasteiger partial charge in [-0.15, -0.1) is 0 Å². The van der Waals surface area contributed by atoms with E-state index in [-0.39, 0.29) is 11.9 Å². The molecular formula is C27H28N2O3. The smallest absolute Gasteiger partial charge is 0.338 e. The topological polar surface area (TPSA) is 58.6 Å². The molecule has 1 heterocycles. The molecule has 32 heavy (non-hydrogen) atoms. The first-order chi connectivity index (χ1) is 15.5. The number of carbonyl (C=O) groups is 2. The van der Waals surface area contributed by atoms with E-state index in [1.54, 1.807) is 25.1 Å². The summed E-state index contributed by atoms with van der Waals surface area (Å²) in [6, 6.07) is 21.5. The van der Waals surface area contributed by atoms with Gasteiger partial charge in [0, 0.05) is 30.0 Å². The number of carbonyl (C=O) groups excluding carboxylic acids is 2. The van der Waals surface area contributed by atoms with Gasteiger partial charge in [0.05, 0.1) is 12.2 Å². The number of hydrogen-bond acceptors (Lipinski definition) is 4. The van der Waals surface area contributed by atoms with Crippen LogP contribution in [-0.2, 0) is 17.7 Å². The van der Waals surface area contributed by atoms with Crippen molar-refractivity contribution >= 4 is 23.3 Å². The van der Waals surface area contributed by atoms with Crippen LogP contribution >= 0.6 is 0 Å². The molecule has 0 fully saturated rings. The number of amides is 1. The Morgan fingerprint density at radius 3 is 2.50 bits per heavy atom. The van der Waals surface area contributed by atoms with Crippen LogP contribution in [0.15, 0.2) is 66.7 Å². The maximum absolute atomic E-state index is 12.7. The number of rotatable bonds is 6. The number of nitrogens with one attached hydrogen (secondary N) is 1. The molecule has 5 heteroatoms. The van der Waals surface area contributed by atoms with Crippen molar-refractivity contribution in [1.82, 2.24) is 0 Å².